The smallest absolute Gasteiger partial charge is 0.548 e. The molecule has 0 rings (SSSR count). The summed E-state index contributed by atoms with van der Waals surface area (Å²) in [6.07, 6.45) is 28.1. The number of nitrogens with zero attached hydrogens (tertiary/aromatic N) is 1. The number of aliphatic carboxylic acids is 1. The van der Waals surface area contributed by atoms with E-state index in [9.17, 15) is 9.90 Å². The van der Waals surface area contributed by atoms with Crippen molar-refractivity contribution in [2.24, 2.45) is 0 Å². The molecule has 0 aliphatic heterocycles. The predicted octanol–water partition coefficient (Wildman–Crippen LogP) is 5.05. The molecular formula is C29H58KNO2. The van der Waals surface area contributed by atoms with Crippen LogP contribution in [0.2, 0.25) is 0 Å². The van der Waals surface area contributed by atoms with Crippen LogP contribution in [0.5, 0.6) is 0 Å². The Kier molecular flexibility index (Phi) is 32.2. The number of hydrogen-bond acceptors (Lipinski definition) is 3. The molecule has 0 radical (unpaired) electrons. The van der Waals surface area contributed by atoms with E-state index < -0.39 is 12.0 Å². The van der Waals surface area contributed by atoms with Crippen molar-refractivity contribution in [1.82, 2.24) is 4.90 Å². The quantitative estimate of drug-likeness (QED) is 0.126. The maximum Gasteiger partial charge on any atom is 1.00 e. The Morgan fingerprint density at radius 2 is 0.848 bits per heavy atom. The predicted molar refractivity (Wildman–Crippen MR) is 139 cm³/mol. The van der Waals surface area contributed by atoms with Crippen LogP contribution in [0.3, 0.4) is 0 Å². The van der Waals surface area contributed by atoms with Crippen molar-refractivity contribution in [3.63, 3.8) is 0 Å². The zero-order valence-corrected chi connectivity index (χ0v) is 26.4. The van der Waals surface area contributed by atoms with Crippen LogP contribution in [-0.4, -0.2) is 30.0 Å². The van der Waals surface area contributed by atoms with Crippen molar-refractivity contribution in [1.29, 1.82) is 0 Å². The van der Waals surface area contributed by atoms with E-state index in [-0.39, 0.29) is 51.4 Å². The fourth-order valence-electron chi connectivity index (χ4n) is 4.75. The first-order valence-electron chi connectivity index (χ1n) is 14.6. The molecule has 0 heterocycles. The molecule has 1 unspecified atom stereocenters. The van der Waals surface area contributed by atoms with Gasteiger partial charge in [-0.3, -0.25) is 4.90 Å². The number of carboxylic acid groups (broad SMARTS) is 1. The van der Waals surface area contributed by atoms with Crippen molar-refractivity contribution in [2.45, 2.75) is 168 Å². The molecule has 0 amide bonds. The van der Waals surface area contributed by atoms with Gasteiger partial charge in [-0.15, -0.1) is 0 Å². The van der Waals surface area contributed by atoms with Crippen molar-refractivity contribution in [3.05, 3.63) is 0 Å². The fourth-order valence-corrected chi connectivity index (χ4v) is 4.75. The second-order valence-electron chi connectivity index (χ2n) is 10.0. The fraction of sp³-hybridized carbons (Fsp3) is 0.966. The molecule has 0 fully saturated rings. The summed E-state index contributed by atoms with van der Waals surface area (Å²) in [5, 5.41) is 11.7. The van der Waals surface area contributed by atoms with Crippen LogP contribution < -0.4 is 56.5 Å². The number of carbonyl (C=O) groups is 1. The van der Waals surface area contributed by atoms with E-state index in [4.69, 9.17) is 0 Å². The molecule has 0 spiro atoms. The third-order valence-electron chi connectivity index (χ3n) is 6.87. The Morgan fingerprint density at radius 3 is 1.12 bits per heavy atom. The molecule has 0 bridgehead atoms. The van der Waals surface area contributed by atoms with Gasteiger partial charge in [0.25, 0.3) is 0 Å². The maximum absolute atomic E-state index is 11.7. The molecule has 0 aromatic rings. The van der Waals surface area contributed by atoms with Gasteiger partial charge in [0.05, 0.1) is 5.97 Å². The van der Waals surface area contributed by atoms with Crippen LogP contribution in [0.25, 0.3) is 0 Å². The third-order valence-corrected chi connectivity index (χ3v) is 6.87. The minimum absolute atomic E-state index is 0. The van der Waals surface area contributed by atoms with Crippen LogP contribution in [0, 0.1) is 0 Å². The van der Waals surface area contributed by atoms with Crippen molar-refractivity contribution >= 4 is 5.97 Å². The van der Waals surface area contributed by atoms with E-state index >= 15 is 0 Å². The van der Waals surface area contributed by atoms with Crippen LogP contribution in [0.4, 0.5) is 0 Å². The molecule has 1 atom stereocenters. The molecule has 0 N–H and O–H groups in total. The zero-order chi connectivity index (χ0) is 23.7. The molecule has 0 saturated carbocycles. The van der Waals surface area contributed by atoms with Crippen LogP contribution in [0.1, 0.15) is 162 Å². The number of unbranched alkanes of at least 4 members (excludes halogenated alkanes) is 18. The van der Waals surface area contributed by atoms with E-state index in [0.717, 1.165) is 38.8 Å². The van der Waals surface area contributed by atoms with Crippen molar-refractivity contribution in [2.75, 3.05) is 13.1 Å². The molecule has 192 valence electrons. The van der Waals surface area contributed by atoms with Crippen LogP contribution >= 0.6 is 0 Å². The number of carbonyl (C=O) groups excluding carboxylic acids is 1. The molecule has 0 aliphatic rings. The molecule has 0 saturated heterocycles. The Bertz CT molecular complexity index is 368. The summed E-state index contributed by atoms with van der Waals surface area (Å²) < 4.78 is 0. The zero-order valence-electron chi connectivity index (χ0n) is 23.3. The van der Waals surface area contributed by atoms with Gasteiger partial charge in [0.1, 0.15) is 0 Å². The largest absolute Gasteiger partial charge is 1.00 e. The van der Waals surface area contributed by atoms with Crippen LogP contribution in [0.15, 0.2) is 0 Å². The van der Waals surface area contributed by atoms with Crippen molar-refractivity contribution in [3.8, 4) is 0 Å². The molecule has 3 nitrogen and oxygen atoms in total. The minimum atomic E-state index is -0.869. The third kappa shape index (κ3) is 24.5. The summed E-state index contributed by atoms with van der Waals surface area (Å²) in [4.78, 5) is 14.0. The Morgan fingerprint density at radius 1 is 0.545 bits per heavy atom. The summed E-state index contributed by atoms with van der Waals surface area (Å²) in [5.41, 5.74) is 0. The van der Waals surface area contributed by atoms with Gasteiger partial charge < -0.3 is 9.90 Å². The van der Waals surface area contributed by atoms with Gasteiger partial charge in [0, 0.05) is 6.04 Å². The minimum Gasteiger partial charge on any atom is -0.548 e. The average Bonchev–Trinajstić information content (AvgIpc) is 2.78. The van der Waals surface area contributed by atoms with E-state index in [1.807, 2.05) is 0 Å². The van der Waals surface area contributed by atoms with Gasteiger partial charge in [-0.2, -0.15) is 0 Å². The second kappa shape index (κ2) is 29.3. The van der Waals surface area contributed by atoms with Crippen molar-refractivity contribution < 1.29 is 61.3 Å². The number of rotatable bonds is 26. The first kappa shape index (κ1) is 36.2. The Labute approximate surface area is 251 Å². The molecule has 0 aliphatic carbocycles. The summed E-state index contributed by atoms with van der Waals surface area (Å²) in [5.74, 6) is -0.869. The van der Waals surface area contributed by atoms with E-state index in [1.54, 1.807) is 0 Å². The summed E-state index contributed by atoms with van der Waals surface area (Å²) in [6, 6.07) is -0.392. The Hall–Kier alpha value is 1.07. The average molecular weight is 492 g/mol. The topological polar surface area (TPSA) is 43.4 Å². The summed E-state index contributed by atoms with van der Waals surface area (Å²) in [6.45, 7) is 8.46. The van der Waals surface area contributed by atoms with Gasteiger partial charge in [-0.05, 0) is 32.4 Å². The van der Waals surface area contributed by atoms with Crippen LogP contribution in [-0.2, 0) is 4.79 Å². The Balaban J connectivity index is 0. The molecule has 33 heavy (non-hydrogen) atoms. The van der Waals surface area contributed by atoms with Gasteiger partial charge in [-0.25, -0.2) is 0 Å². The monoisotopic (exact) mass is 491 g/mol. The molecular weight excluding hydrogens is 433 g/mol. The van der Waals surface area contributed by atoms with E-state index in [2.05, 4.69) is 25.7 Å². The summed E-state index contributed by atoms with van der Waals surface area (Å²) in [7, 11) is 0. The molecule has 0 aromatic heterocycles. The van der Waals surface area contributed by atoms with Gasteiger partial charge in [0.2, 0.25) is 0 Å². The number of hydrogen-bond donors (Lipinski definition) is 0. The summed E-state index contributed by atoms with van der Waals surface area (Å²) >= 11 is 0. The van der Waals surface area contributed by atoms with E-state index in [0.29, 0.717) is 0 Å². The molecule has 4 heteroatoms. The van der Waals surface area contributed by atoms with E-state index in [1.165, 1.54) is 116 Å². The van der Waals surface area contributed by atoms with Gasteiger partial charge >= 0.3 is 51.4 Å². The van der Waals surface area contributed by atoms with Gasteiger partial charge in [-0.1, -0.05) is 143 Å². The normalized spacial score (nSPS) is 12.1. The first-order valence-corrected chi connectivity index (χ1v) is 14.6. The SMILES string of the molecule is CCCCCCCCCCCCN(CCCCCCCCCCCC)C(CCC)C(=O)[O-].[K+]. The first-order chi connectivity index (χ1) is 15.7. The molecule has 0 aromatic carbocycles. The second-order valence-corrected chi connectivity index (χ2v) is 10.0. The van der Waals surface area contributed by atoms with Gasteiger partial charge in [0.15, 0.2) is 0 Å². The standard InChI is InChI=1S/C29H59NO2.K/c1-4-7-9-11-13-15-17-19-21-23-26-30(28(25-6-3)29(31)32)27-24-22-20-18-16-14-12-10-8-5-2;/h28H,4-27H2,1-3H3,(H,31,32);/q;+1/p-1. The maximum atomic E-state index is 11.7. The number of carboxylic acids is 1.